The smallest absolute Gasteiger partial charge is 0.337 e. The highest BCUT2D eigenvalue weighted by Crippen LogP contribution is 2.39. The third kappa shape index (κ3) is 3.59. The van der Waals surface area contributed by atoms with Gasteiger partial charge in [-0.1, -0.05) is 60.7 Å². The van der Waals surface area contributed by atoms with Crippen LogP contribution in [-0.4, -0.2) is 15.1 Å². The van der Waals surface area contributed by atoms with Crippen molar-refractivity contribution in [3.05, 3.63) is 109 Å². The van der Waals surface area contributed by atoms with Gasteiger partial charge in [0.25, 0.3) is 5.56 Å². The van der Waals surface area contributed by atoms with Crippen LogP contribution in [0.4, 0.5) is 5.82 Å². The summed E-state index contributed by atoms with van der Waals surface area (Å²) in [6.07, 6.45) is 0. The summed E-state index contributed by atoms with van der Waals surface area (Å²) in [4.78, 5) is 38.8. The van der Waals surface area contributed by atoms with Crippen molar-refractivity contribution < 1.29 is 9.53 Å². The lowest BCUT2D eigenvalue weighted by atomic mass is 9.82. The maximum absolute atomic E-state index is 13.2. The van der Waals surface area contributed by atoms with Crippen molar-refractivity contribution in [2.45, 2.75) is 19.4 Å². The Bertz CT molecular complexity index is 1290. The van der Waals surface area contributed by atoms with Crippen molar-refractivity contribution in [3.63, 3.8) is 0 Å². The zero-order valence-electron chi connectivity index (χ0n) is 17.6. The fourth-order valence-electron chi connectivity index (χ4n) is 3.94. The topological polar surface area (TPSA) is 82.3 Å². The second-order valence-electron chi connectivity index (χ2n) is 7.54. The van der Waals surface area contributed by atoms with Crippen LogP contribution < -0.4 is 16.6 Å². The van der Waals surface area contributed by atoms with E-state index in [9.17, 15) is 14.4 Å². The van der Waals surface area contributed by atoms with Crippen LogP contribution in [0.25, 0.3) is 0 Å². The van der Waals surface area contributed by atoms with E-state index in [0.717, 1.165) is 15.7 Å². The summed E-state index contributed by atoms with van der Waals surface area (Å²) in [6, 6.07) is 18.7. The number of allylic oxidation sites excluding steroid dienone is 1. The summed E-state index contributed by atoms with van der Waals surface area (Å²) < 4.78 is 8.07. The van der Waals surface area contributed by atoms with Crippen LogP contribution in [0.15, 0.2) is 81.5 Å². The maximum atomic E-state index is 13.2. The van der Waals surface area contributed by atoms with Gasteiger partial charge in [0.1, 0.15) is 12.4 Å². The Hall–Kier alpha value is -3.87. The largest absolute Gasteiger partial charge is 0.457 e. The van der Waals surface area contributed by atoms with Gasteiger partial charge in [-0.25, -0.2) is 9.59 Å². The summed E-state index contributed by atoms with van der Waals surface area (Å²) in [5.41, 5.74) is 1.99. The first-order valence-corrected chi connectivity index (χ1v) is 9.93. The van der Waals surface area contributed by atoms with E-state index in [2.05, 4.69) is 5.32 Å². The normalized spacial score (nSPS) is 15.3. The molecule has 2 heterocycles. The number of rotatable bonds is 4. The molecule has 0 spiro atoms. The first-order chi connectivity index (χ1) is 14.9. The zero-order chi connectivity index (χ0) is 22.1. The molecule has 1 N–H and O–H groups in total. The molecule has 0 fully saturated rings. The van der Waals surface area contributed by atoms with Crippen LogP contribution in [0.5, 0.6) is 0 Å². The summed E-state index contributed by atoms with van der Waals surface area (Å²) in [5, 5.41) is 3.09. The Morgan fingerprint density at radius 2 is 1.58 bits per heavy atom. The molecule has 1 unspecified atom stereocenters. The van der Waals surface area contributed by atoms with E-state index in [4.69, 9.17) is 4.74 Å². The fraction of sp³-hybridized carbons (Fsp3) is 0.208. The minimum absolute atomic E-state index is 0.121. The van der Waals surface area contributed by atoms with Gasteiger partial charge in [-0.2, -0.15) is 0 Å². The number of nitrogens with one attached hydrogen (secondary N) is 1. The van der Waals surface area contributed by atoms with Gasteiger partial charge >= 0.3 is 11.7 Å². The number of carbonyl (C=O) groups is 1. The molecule has 158 valence electrons. The van der Waals surface area contributed by atoms with Crippen LogP contribution in [0.2, 0.25) is 0 Å². The molecule has 0 saturated heterocycles. The number of hydrogen-bond acceptors (Lipinski definition) is 5. The molecule has 7 heteroatoms. The predicted octanol–water partition coefficient (Wildman–Crippen LogP) is 2.66. The Kier molecular flexibility index (Phi) is 5.33. The monoisotopic (exact) mass is 417 g/mol. The molecule has 0 amide bonds. The average molecular weight is 417 g/mol. The molecule has 3 aromatic rings. The van der Waals surface area contributed by atoms with Gasteiger partial charge in [0.15, 0.2) is 0 Å². The van der Waals surface area contributed by atoms with Crippen LogP contribution in [-0.2, 0) is 30.2 Å². The predicted molar refractivity (Wildman–Crippen MR) is 118 cm³/mol. The first kappa shape index (κ1) is 20.4. The third-order valence-electron chi connectivity index (χ3n) is 5.55. The van der Waals surface area contributed by atoms with Crippen molar-refractivity contribution >= 4 is 11.8 Å². The number of anilines is 1. The molecule has 0 saturated carbocycles. The van der Waals surface area contributed by atoms with E-state index in [1.165, 1.54) is 11.6 Å². The summed E-state index contributed by atoms with van der Waals surface area (Å²) in [7, 11) is 3.03. The van der Waals surface area contributed by atoms with E-state index >= 15 is 0 Å². The van der Waals surface area contributed by atoms with Gasteiger partial charge in [-0.05, 0) is 18.1 Å². The number of benzene rings is 2. The van der Waals surface area contributed by atoms with Crippen molar-refractivity contribution in [1.29, 1.82) is 0 Å². The van der Waals surface area contributed by atoms with E-state index in [1.807, 2.05) is 60.7 Å². The van der Waals surface area contributed by atoms with Crippen LogP contribution >= 0.6 is 0 Å². The van der Waals surface area contributed by atoms with Gasteiger partial charge in [0.05, 0.1) is 17.1 Å². The Balaban J connectivity index is 1.84. The van der Waals surface area contributed by atoms with Crippen molar-refractivity contribution in [3.8, 4) is 0 Å². The average Bonchev–Trinajstić information content (AvgIpc) is 2.80. The molecule has 31 heavy (non-hydrogen) atoms. The Morgan fingerprint density at radius 1 is 0.968 bits per heavy atom. The summed E-state index contributed by atoms with van der Waals surface area (Å²) in [6.45, 7) is 1.87. The molecule has 0 radical (unpaired) electrons. The lowest BCUT2D eigenvalue weighted by Crippen LogP contribution is -2.43. The molecule has 1 aliphatic heterocycles. The molecule has 0 bridgehead atoms. The Morgan fingerprint density at radius 3 is 2.23 bits per heavy atom. The number of esters is 1. The standard InChI is InChI=1S/C24H23N3O4/c1-15-18(23(29)31-14-16-10-6-4-7-11-16)19(17-12-8-5-9-13-17)20-21(25-15)26(2)24(30)27(3)22(20)28/h4-13,19,25H,14H2,1-3H3. The first-order valence-electron chi connectivity index (χ1n) is 9.93. The van der Waals surface area contributed by atoms with Gasteiger partial charge in [0, 0.05) is 19.8 Å². The molecule has 1 aliphatic rings. The van der Waals surface area contributed by atoms with Gasteiger partial charge in [-0.3, -0.25) is 13.9 Å². The lowest BCUT2D eigenvalue weighted by molar-refractivity contribution is -0.140. The molecule has 4 rings (SSSR count). The molecule has 1 aromatic heterocycles. The minimum Gasteiger partial charge on any atom is -0.457 e. The van der Waals surface area contributed by atoms with Crippen LogP contribution in [0.1, 0.15) is 29.5 Å². The number of carbonyl (C=O) groups excluding carboxylic acids is 1. The fourth-order valence-corrected chi connectivity index (χ4v) is 3.94. The minimum atomic E-state index is -0.661. The zero-order valence-corrected chi connectivity index (χ0v) is 17.6. The number of fused-ring (bicyclic) bond motifs is 1. The maximum Gasteiger partial charge on any atom is 0.337 e. The number of nitrogens with zero attached hydrogens (tertiary/aromatic N) is 2. The number of aromatic nitrogens is 2. The second-order valence-corrected chi connectivity index (χ2v) is 7.54. The van der Waals surface area contributed by atoms with Crippen molar-refractivity contribution in [1.82, 2.24) is 9.13 Å². The quantitative estimate of drug-likeness (QED) is 0.660. The number of hydrogen-bond donors (Lipinski definition) is 1. The highest BCUT2D eigenvalue weighted by Gasteiger charge is 2.37. The highest BCUT2D eigenvalue weighted by molar-refractivity contribution is 5.94. The number of ether oxygens (including phenoxy) is 1. The second kappa shape index (κ2) is 8.10. The summed E-state index contributed by atoms with van der Waals surface area (Å²) in [5.74, 6) is -0.783. The van der Waals surface area contributed by atoms with Gasteiger partial charge in [0.2, 0.25) is 0 Å². The molecule has 1 atom stereocenters. The van der Waals surface area contributed by atoms with E-state index in [0.29, 0.717) is 22.7 Å². The van der Waals surface area contributed by atoms with Gasteiger partial charge < -0.3 is 10.1 Å². The van der Waals surface area contributed by atoms with Crippen LogP contribution in [0.3, 0.4) is 0 Å². The van der Waals surface area contributed by atoms with E-state index < -0.39 is 23.1 Å². The van der Waals surface area contributed by atoms with Crippen molar-refractivity contribution in [2.24, 2.45) is 14.1 Å². The van der Waals surface area contributed by atoms with Gasteiger partial charge in [-0.15, -0.1) is 0 Å². The Labute approximate surface area is 179 Å². The highest BCUT2D eigenvalue weighted by atomic mass is 16.5. The van der Waals surface area contributed by atoms with Crippen molar-refractivity contribution in [2.75, 3.05) is 5.32 Å². The third-order valence-corrected chi connectivity index (χ3v) is 5.55. The molecular weight excluding hydrogens is 394 g/mol. The SMILES string of the molecule is CC1=C(C(=O)OCc2ccccc2)C(c2ccccc2)c2c(n(C)c(=O)n(C)c2=O)N1. The van der Waals surface area contributed by atoms with E-state index in [-0.39, 0.29) is 6.61 Å². The lowest BCUT2D eigenvalue weighted by Gasteiger charge is -2.30. The molecule has 2 aromatic carbocycles. The van der Waals surface area contributed by atoms with Crippen LogP contribution in [0, 0.1) is 0 Å². The molecular formula is C24H23N3O4. The van der Waals surface area contributed by atoms with E-state index in [1.54, 1.807) is 14.0 Å². The molecule has 0 aliphatic carbocycles. The summed E-state index contributed by atoms with van der Waals surface area (Å²) >= 11 is 0. The molecule has 7 nitrogen and oxygen atoms in total.